The molecule has 0 unspecified atom stereocenters. The molecule has 1 heterocycles. The van der Waals surface area contributed by atoms with Crippen molar-refractivity contribution in [1.82, 2.24) is 0 Å². The van der Waals surface area contributed by atoms with Gasteiger partial charge < -0.3 is 14.8 Å². The average Bonchev–Trinajstić information content (AvgIpc) is 3.20. The number of carbonyl (C=O) groups excluding carboxylic acids is 1. The normalized spacial score (nSPS) is 10.9. The SMILES string of the molecule is N#C/C(=C\c1ccc(-c2ccc([N+](=O)[O-])cc2Br)o1)C(=O)Nc1ccccc1C(=O)O. The summed E-state index contributed by atoms with van der Waals surface area (Å²) in [6, 6.07) is 14.8. The monoisotopic (exact) mass is 481 g/mol. The van der Waals surface area contributed by atoms with E-state index >= 15 is 0 Å². The predicted molar refractivity (Wildman–Crippen MR) is 114 cm³/mol. The van der Waals surface area contributed by atoms with Gasteiger partial charge in [-0.05, 0) is 46.3 Å². The fourth-order valence-corrected chi connectivity index (χ4v) is 3.21. The largest absolute Gasteiger partial charge is 0.478 e. The number of nitriles is 1. The molecule has 2 aromatic carbocycles. The molecule has 0 spiro atoms. The van der Waals surface area contributed by atoms with E-state index in [1.165, 1.54) is 48.5 Å². The van der Waals surface area contributed by atoms with Crippen LogP contribution in [0.15, 0.2) is 69.1 Å². The predicted octanol–water partition coefficient (Wildman–Crippen LogP) is 4.86. The van der Waals surface area contributed by atoms with E-state index in [0.29, 0.717) is 15.8 Å². The van der Waals surface area contributed by atoms with E-state index in [4.69, 9.17) is 4.42 Å². The minimum absolute atomic E-state index is 0.0519. The summed E-state index contributed by atoms with van der Waals surface area (Å²) < 4.78 is 6.08. The Hall–Kier alpha value is -4.23. The van der Waals surface area contributed by atoms with E-state index in [0.717, 1.165) is 0 Å². The lowest BCUT2D eigenvalue weighted by atomic mass is 10.1. The number of halogens is 1. The molecule has 0 aliphatic rings. The fourth-order valence-electron chi connectivity index (χ4n) is 2.65. The zero-order valence-electron chi connectivity index (χ0n) is 15.5. The van der Waals surface area contributed by atoms with Crippen molar-refractivity contribution in [3.05, 3.63) is 86.1 Å². The van der Waals surface area contributed by atoms with Crippen LogP contribution < -0.4 is 5.32 Å². The number of nitro groups is 1. The van der Waals surface area contributed by atoms with Crippen molar-refractivity contribution in [3.8, 4) is 17.4 Å². The van der Waals surface area contributed by atoms with Gasteiger partial charge in [0.2, 0.25) is 0 Å². The Morgan fingerprint density at radius 1 is 1.19 bits per heavy atom. The molecule has 0 fully saturated rings. The summed E-state index contributed by atoms with van der Waals surface area (Å²) in [6.07, 6.45) is 1.21. The maximum Gasteiger partial charge on any atom is 0.337 e. The first-order chi connectivity index (χ1) is 14.8. The number of nitrogens with zero attached hydrogens (tertiary/aromatic N) is 2. The van der Waals surface area contributed by atoms with Crippen molar-refractivity contribution in [3.63, 3.8) is 0 Å². The summed E-state index contributed by atoms with van der Waals surface area (Å²) in [7, 11) is 0. The lowest BCUT2D eigenvalue weighted by Gasteiger charge is -2.07. The second-order valence-corrected chi connectivity index (χ2v) is 6.95. The molecule has 0 radical (unpaired) electrons. The highest BCUT2D eigenvalue weighted by Crippen LogP contribution is 2.33. The van der Waals surface area contributed by atoms with E-state index < -0.39 is 16.8 Å². The number of carboxylic acids is 1. The Morgan fingerprint density at radius 2 is 1.94 bits per heavy atom. The molecule has 2 N–H and O–H groups in total. The molecule has 3 rings (SSSR count). The van der Waals surface area contributed by atoms with Crippen molar-refractivity contribution in [2.24, 2.45) is 0 Å². The number of nitro benzene ring substituents is 1. The molecule has 154 valence electrons. The summed E-state index contributed by atoms with van der Waals surface area (Å²) in [5.74, 6) is -1.46. The van der Waals surface area contributed by atoms with E-state index in [1.54, 1.807) is 18.2 Å². The number of hydrogen-bond donors (Lipinski definition) is 2. The van der Waals surface area contributed by atoms with Gasteiger partial charge in [-0.25, -0.2) is 4.79 Å². The topological polar surface area (TPSA) is 146 Å². The van der Waals surface area contributed by atoms with Gasteiger partial charge in [0.05, 0.1) is 16.2 Å². The van der Waals surface area contributed by atoms with Gasteiger partial charge in [-0.3, -0.25) is 14.9 Å². The quantitative estimate of drug-likeness (QED) is 0.221. The number of amides is 1. The minimum atomic E-state index is -1.22. The van der Waals surface area contributed by atoms with Crippen LogP contribution in [0.25, 0.3) is 17.4 Å². The molecule has 3 aromatic rings. The second-order valence-electron chi connectivity index (χ2n) is 6.10. The first-order valence-electron chi connectivity index (χ1n) is 8.59. The van der Waals surface area contributed by atoms with Crippen molar-refractivity contribution in [2.75, 3.05) is 5.32 Å². The molecule has 9 nitrogen and oxygen atoms in total. The van der Waals surface area contributed by atoms with Crippen LogP contribution in [0.2, 0.25) is 0 Å². The van der Waals surface area contributed by atoms with Crippen LogP contribution in [0.5, 0.6) is 0 Å². The maximum absolute atomic E-state index is 12.4. The van der Waals surface area contributed by atoms with E-state index in [-0.39, 0.29) is 28.3 Å². The van der Waals surface area contributed by atoms with Crippen molar-refractivity contribution in [1.29, 1.82) is 5.26 Å². The number of hydrogen-bond acceptors (Lipinski definition) is 6. The van der Waals surface area contributed by atoms with E-state index in [2.05, 4.69) is 21.2 Å². The third kappa shape index (κ3) is 4.85. The number of anilines is 1. The number of nitrogens with one attached hydrogen (secondary N) is 1. The Labute approximate surface area is 183 Å². The molecule has 1 amide bonds. The first kappa shape index (κ1) is 21.5. The third-order valence-electron chi connectivity index (χ3n) is 4.11. The minimum Gasteiger partial charge on any atom is -0.478 e. The van der Waals surface area contributed by atoms with Gasteiger partial charge in [-0.1, -0.05) is 12.1 Å². The molecule has 0 aliphatic carbocycles. The smallest absolute Gasteiger partial charge is 0.337 e. The maximum atomic E-state index is 12.4. The summed E-state index contributed by atoms with van der Waals surface area (Å²) in [4.78, 5) is 34.1. The van der Waals surface area contributed by atoms with Gasteiger partial charge >= 0.3 is 5.97 Å². The summed E-state index contributed by atoms with van der Waals surface area (Å²) >= 11 is 3.26. The van der Waals surface area contributed by atoms with Crippen molar-refractivity contribution in [2.45, 2.75) is 0 Å². The third-order valence-corrected chi connectivity index (χ3v) is 4.77. The lowest BCUT2D eigenvalue weighted by molar-refractivity contribution is -0.384. The Morgan fingerprint density at radius 3 is 2.58 bits per heavy atom. The Bertz CT molecular complexity index is 1270. The Balaban J connectivity index is 1.85. The zero-order chi connectivity index (χ0) is 22.5. The van der Waals surface area contributed by atoms with Gasteiger partial charge in [0.1, 0.15) is 23.2 Å². The summed E-state index contributed by atoms with van der Waals surface area (Å²) in [5.41, 5.74) is 0.0902. The highest BCUT2D eigenvalue weighted by Gasteiger charge is 2.17. The van der Waals surface area contributed by atoms with Crippen molar-refractivity contribution >= 4 is 45.3 Å². The molecule has 0 bridgehead atoms. The number of furan rings is 1. The molecular formula is C21H12BrN3O6. The van der Waals surface area contributed by atoms with Crippen LogP contribution in [0.3, 0.4) is 0 Å². The Kier molecular flexibility index (Phi) is 6.28. The molecule has 0 atom stereocenters. The van der Waals surface area contributed by atoms with Gasteiger partial charge in [0, 0.05) is 28.2 Å². The highest BCUT2D eigenvalue weighted by molar-refractivity contribution is 9.10. The van der Waals surface area contributed by atoms with Gasteiger partial charge in [-0.15, -0.1) is 0 Å². The van der Waals surface area contributed by atoms with Gasteiger partial charge in [0.15, 0.2) is 0 Å². The van der Waals surface area contributed by atoms with E-state index in [1.807, 2.05) is 0 Å². The fraction of sp³-hybridized carbons (Fsp3) is 0. The number of carbonyl (C=O) groups is 2. The molecular weight excluding hydrogens is 470 g/mol. The zero-order valence-corrected chi connectivity index (χ0v) is 17.1. The number of benzene rings is 2. The van der Waals surface area contributed by atoms with E-state index in [9.17, 15) is 30.1 Å². The van der Waals surface area contributed by atoms with Crippen LogP contribution in [0.1, 0.15) is 16.1 Å². The summed E-state index contributed by atoms with van der Waals surface area (Å²) in [5, 5.41) is 31.8. The van der Waals surface area contributed by atoms with Crippen LogP contribution in [-0.2, 0) is 4.79 Å². The number of aromatic carboxylic acids is 1. The number of para-hydroxylation sites is 1. The molecule has 31 heavy (non-hydrogen) atoms. The number of carboxylic acid groups (broad SMARTS) is 1. The highest BCUT2D eigenvalue weighted by atomic mass is 79.9. The first-order valence-corrected chi connectivity index (χ1v) is 9.39. The number of non-ortho nitro benzene ring substituents is 1. The van der Waals surface area contributed by atoms with Crippen LogP contribution in [0, 0.1) is 21.4 Å². The summed E-state index contributed by atoms with van der Waals surface area (Å²) in [6.45, 7) is 0. The standard InChI is InChI=1S/C21H12BrN3O6/c22-17-10-13(25(29)30)5-7-15(17)19-8-6-14(31-19)9-12(11-23)20(26)24-18-4-2-1-3-16(18)21(27)28/h1-10H,(H,24,26)(H,27,28)/b12-9+. The van der Waals surface area contributed by atoms with Crippen LogP contribution in [-0.4, -0.2) is 21.9 Å². The molecule has 1 aromatic heterocycles. The molecule has 0 saturated carbocycles. The second kappa shape index (κ2) is 9.06. The molecule has 10 heteroatoms. The van der Waals surface area contributed by atoms with Crippen LogP contribution >= 0.6 is 15.9 Å². The van der Waals surface area contributed by atoms with Crippen LogP contribution in [0.4, 0.5) is 11.4 Å². The lowest BCUT2D eigenvalue weighted by Crippen LogP contribution is -2.16. The number of rotatable bonds is 6. The van der Waals surface area contributed by atoms with Gasteiger partial charge in [-0.2, -0.15) is 5.26 Å². The van der Waals surface area contributed by atoms with Gasteiger partial charge in [0.25, 0.3) is 11.6 Å². The molecule has 0 saturated heterocycles. The molecule has 0 aliphatic heterocycles. The van der Waals surface area contributed by atoms with Crippen molar-refractivity contribution < 1.29 is 24.0 Å². The average molecular weight is 482 g/mol.